The van der Waals surface area contributed by atoms with Gasteiger partial charge in [0.25, 0.3) is 0 Å². The van der Waals surface area contributed by atoms with Crippen molar-refractivity contribution in [2.75, 3.05) is 31.6 Å². The second-order valence-corrected chi connectivity index (χ2v) is 5.13. The smallest absolute Gasteiger partial charge is 0.232 e. The maximum Gasteiger partial charge on any atom is 0.232 e. The Bertz CT molecular complexity index is 294. The molecule has 96 valence electrons. The van der Waals surface area contributed by atoms with Crippen molar-refractivity contribution < 1.29 is 9.59 Å². The highest BCUT2D eigenvalue weighted by Crippen LogP contribution is 2.17. The molecule has 0 aromatic rings. The predicted octanol–water partition coefficient (Wildman–Crippen LogP) is 0.890. The van der Waals surface area contributed by atoms with Gasteiger partial charge in [-0.15, -0.1) is 18.3 Å². The van der Waals surface area contributed by atoms with Crippen molar-refractivity contribution in [1.82, 2.24) is 10.2 Å². The maximum absolute atomic E-state index is 11.9. The van der Waals surface area contributed by atoms with E-state index in [2.05, 4.69) is 11.9 Å². The number of hydrogen-bond acceptors (Lipinski definition) is 3. The van der Waals surface area contributed by atoms with Gasteiger partial charge in [0.05, 0.1) is 11.7 Å². The number of nitrogens with one attached hydrogen (secondary N) is 1. The molecule has 1 aliphatic heterocycles. The van der Waals surface area contributed by atoms with E-state index < -0.39 is 0 Å². The molecule has 0 spiro atoms. The average molecular weight is 256 g/mol. The summed E-state index contributed by atoms with van der Waals surface area (Å²) >= 11 is 1.56. The van der Waals surface area contributed by atoms with Gasteiger partial charge in [-0.1, -0.05) is 6.08 Å². The third kappa shape index (κ3) is 4.42. The molecular weight excluding hydrogens is 236 g/mol. The maximum atomic E-state index is 11.9. The van der Waals surface area contributed by atoms with Gasteiger partial charge in [-0.05, 0) is 12.8 Å². The molecule has 0 aliphatic carbocycles. The van der Waals surface area contributed by atoms with Gasteiger partial charge in [-0.25, -0.2) is 0 Å². The lowest BCUT2D eigenvalue weighted by atomic mass is 9.97. The van der Waals surface area contributed by atoms with E-state index in [0.29, 0.717) is 12.3 Å². The molecule has 0 radical (unpaired) electrons. The Morgan fingerprint density at radius 1 is 1.59 bits per heavy atom. The van der Waals surface area contributed by atoms with Crippen LogP contribution in [0.15, 0.2) is 12.7 Å². The van der Waals surface area contributed by atoms with Crippen molar-refractivity contribution in [3.05, 3.63) is 12.7 Å². The van der Waals surface area contributed by atoms with Gasteiger partial charge in [0.2, 0.25) is 11.8 Å². The third-order valence-corrected chi connectivity index (χ3v) is 3.78. The van der Waals surface area contributed by atoms with E-state index in [4.69, 9.17) is 0 Å². The minimum Gasteiger partial charge on any atom is -0.359 e. The van der Waals surface area contributed by atoms with E-state index in [9.17, 15) is 9.59 Å². The van der Waals surface area contributed by atoms with Crippen molar-refractivity contribution in [2.45, 2.75) is 12.8 Å². The summed E-state index contributed by atoms with van der Waals surface area (Å²) in [7, 11) is 1.64. The molecule has 1 heterocycles. The van der Waals surface area contributed by atoms with E-state index in [1.165, 1.54) is 0 Å². The zero-order valence-corrected chi connectivity index (χ0v) is 11.1. The van der Waals surface area contributed by atoms with Crippen LogP contribution in [0.2, 0.25) is 0 Å². The highest BCUT2D eigenvalue weighted by Gasteiger charge is 2.27. The van der Waals surface area contributed by atoms with Crippen LogP contribution in [0.1, 0.15) is 12.8 Å². The van der Waals surface area contributed by atoms with Crippen LogP contribution < -0.4 is 5.32 Å². The molecule has 0 saturated carbocycles. The molecule has 4 nitrogen and oxygen atoms in total. The number of hydrogen-bond donors (Lipinski definition) is 1. The Balaban J connectivity index is 2.40. The van der Waals surface area contributed by atoms with Crippen LogP contribution in [0.5, 0.6) is 0 Å². The van der Waals surface area contributed by atoms with Gasteiger partial charge in [0, 0.05) is 25.9 Å². The van der Waals surface area contributed by atoms with Crippen molar-refractivity contribution in [3.8, 4) is 0 Å². The van der Waals surface area contributed by atoms with E-state index >= 15 is 0 Å². The summed E-state index contributed by atoms with van der Waals surface area (Å²) in [5.41, 5.74) is 0. The van der Waals surface area contributed by atoms with Gasteiger partial charge >= 0.3 is 0 Å². The van der Waals surface area contributed by atoms with E-state index in [0.717, 1.165) is 25.1 Å². The van der Waals surface area contributed by atoms with Crippen LogP contribution in [-0.2, 0) is 9.59 Å². The fourth-order valence-electron chi connectivity index (χ4n) is 1.94. The second kappa shape index (κ2) is 7.37. The zero-order valence-electron chi connectivity index (χ0n) is 10.3. The molecule has 2 amide bonds. The first kappa shape index (κ1) is 14.1. The fraction of sp³-hybridized carbons (Fsp3) is 0.667. The monoisotopic (exact) mass is 256 g/mol. The van der Waals surface area contributed by atoms with Gasteiger partial charge in [0.15, 0.2) is 0 Å². The molecule has 5 heteroatoms. The first-order valence-electron chi connectivity index (χ1n) is 5.87. The summed E-state index contributed by atoms with van der Waals surface area (Å²) in [6.45, 7) is 4.96. The number of carbonyl (C=O) groups excluding carboxylic acids is 2. The van der Waals surface area contributed by atoms with Crippen LogP contribution in [-0.4, -0.2) is 48.4 Å². The molecule has 17 heavy (non-hydrogen) atoms. The van der Waals surface area contributed by atoms with Crippen LogP contribution in [0, 0.1) is 5.92 Å². The molecule has 1 aliphatic rings. The van der Waals surface area contributed by atoms with Crippen molar-refractivity contribution in [1.29, 1.82) is 0 Å². The van der Waals surface area contributed by atoms with Crippen LogP contribution in [0.25, 0.3) is 0 Å². The number of likely N-dealkylation sites (tertiary alicyclic amines) is 1. The molecule has 1 fully saturated rings. The summed E-state index contributed by atoms with van der Waals surface area (Å²) in [6.07, 6.45) is 3.58. The molecular formula is C12H20N2O2S. The standard InChI is InChI=1S/C12H20N2O2S/c1-3-7-17-9-11(15)14-6-4-5-10(8-14)12(16)13-2/h3,10H,1,4-9H2,2H3,(H,13,16)/t10-/m1/s1. The van der Waals surface area contributed by atoms with Crippen LogP contribution >= 0.6 is 11.8 Å². The quantitative estimate of drug-likeness (QED) is 0.587. The number of piperidine rings is 1. The Labute approximate surface area is 107 Å². The molecule has 1 rings (SSSR count). The molecule has 1 N–H and O–H groups in total. The molecule has 1 atom stereocenters. The number of nitrogens with zero attached hydrogens (tertiary/aromatic N) is 1. The van der Waals surface area contributed by atoms with Gasteiger partial charge in [0.1, 0.15) is 0 Å². The third-order valence-electron chi connectivity index (χ3n) is 2.85. The lowest BCUT2D eigenvalue weighted by Crippen LogP contribution is -2.45. The Morgan fingerprint density at radius 2 is 2.35 bits per heavy atom. The van der Waals surface area contributed by atoms with Crippen molar-refractivity contribution >= 4 is 23.6 Å². The summed E-state index contributed by atoms with van der Waals surface area (Å²) in [6, 6.07) is 0. The topological polar surface area (TPSA) is 49.4 Å². The summed E-state index contributed by atoms with van der Waals surface area (Å²) in [4.78, 5) is 25.2. The minimum atomic E-state index is -0.0397. The molecule has 0 aromatic carbocycles. The molecule has 0 bridgehead atoms. The molecule has 0 unspecified atom stereocenters. The Morgan fingerprint density at radius 3 is 3.00 bits per heavy atom. The highest BCUT2D eigenvalue weighted by atomic mass is 32.2. The lowest BCUT2D eigenvalue weighted by molar-refractivity contribution is -0.133. The van der Waals surface area contributed by atoms with Gasteiger partial charge < -0.3 is 10.2 Å². The number of carbonyl (C=O) groups is 2. The summed E-state index contributed by atoms with van der Waals surface area (Å²) < 4.78 is 0. The van der Waals surface area contributed by atoms with E-state index in [1.807, 2.05) is 0 Å². The van der Waals surface area contributed by atoms with Gasteiger partial charge in [-0.3, -0.25) is 9.59 Å². The normalized spacial score (nSPS) is 19.8. The SMILES string of the molecule is C=CCSCC(=O)N1CCC[C@@H](C(=O)NC)C1. The predicted molar refractivity (Wildman–Crippen MR) is 70.9 cm³/mol. The first-order valence-corrected chi connectivity index (χ1v) is 7.02. The summed E-state index contributed by atoms with van der Waals surface area (Å²) in [5.74, 6) is 1.40. The van der Waals surface area contributed by atoms with E-state index in [-0.39, 0.29) is 17.7 Å². The first-order chi connectivity index (χ1) is 8.19. The Hall–Kier alpha value is -0.970. The van der Waals surface area contributed by atoms with Crippen LogP contribution in [0.4, 0.5) is 0 Å². The van der Waals surface area contributed by atoms with Gasteiger partial charge in [-0.2, -0.15) is 0 Å². The highest BCUT2D eigenvalue weighted by molar-refractivity contribution is 8.00. The van der Waals surface area contributed by atoms with E-state index in [1.54, 1.807) is 29.8 Å². The van der Waals surface area contributed by atoms with Crippen molar-refractivity contribution in [2.24, 2.45) is 5.92 Å². The number of rotatable bonds is 5. The van der Waals surface area contributed by atoms with Crippen LogP contribution in [0.3, 0.4) is 0 Å². The molecule has 0 aromatic heterocycles. The second-order valence-electron chi connectivity index (χ2n) is 4.10. The van der Waals surface area contributed by atoms with Crippen molar-refractivity contribution in [3.63, 3.8) is 0 Å². The Kier molecular flexibility index (Phi) is 6.11. The largest absolute Gasteiger partial charge is 0.359 e. The lowest BCUT2D eigenvalue weighted by Gasteiger charge is -2.31. The number of thioether (sulfide) groups is 1. The fourth-order valence-corrected chi connectivity index (χ4v) is 2.58. The minimum absolute atomic E-state index is 0.0397. The summed E-state index contributed by atoms with van der Waals surface area (Å²) in [5, 5.41) is 2.65. The molecule has 1 saturated heterocycles. The number of amides is 2. The zero-order chi connectivity index (χ0) is 12.7. The average Bonchev–Trinajstić information content (AvgIpc) is 2.38.